The van der Waals surface area contributed by atoms with Gasteiger partial charge in [0, 0.05) is 36.5 Å². The second-order valence-corrected chi connectivity index (χ2v) is 9.55. The summed E-state index contributed by atoms with van der Waals surface area (Å²) in [5, 5.41) is 3.48. The molecular formula is C20H20ClN3O3S. The number of carbonyl (C=O) groups excluding carboxylic acids is 1. The highest BCUT2D eigenvalue weighted by Crippen LogP contribution is 2.31. The molecule has 2 aliphatic rings. The van der Waals surface area contributed by atoms with Crippen LogP contribution in [-0.4, -0.2) is 43.1 Å². The van der Waals surface area contributed by atoms with Crippen LogP contribution in [0.15, 0.2) is 58.4 Å². The zero-order valence-electron chi connectivity index (χ0n) is 15.4. The van der Waals surface area contributed by atoms with E-state index in [4.69, 9.17) is 11.6 Å². The highest BCUT2D eigenvalue weighted by atomic mass is 35.5. The van der Waals surface area contributed by atoms with E-state index in [1.807, 2.05) is 6.92 Å². The average Bonchev–Trinajstić information content (AvgIpc) is 2.98. The molecule has 2 heterocycles. The Hall–Kier alpha value is -2.22. The quantitative estimate of drug-likeness (QED) is 0.833. The molecule has 146 valence electrons. The standard InChI is InChI=1S/C20H20ClN3O3S/c1-14-5-7-17(8-6-14)28(26,27)24-11-9-20(10-12-24)22-18(19(25)23-20)15-3-2-4-16(21)13-15/h2-8,13H,9-12H2,1H3,(H,23,25). The molecule has 0 unspecified atom stereocenters. The van der Waals surface area contributed by atoms with Crippen molar-refractivity contribution in [2.24, 2.45) is 4.99 Å². The van der Waals surface area contributed by atoms with Crippen LogP contribution in [0.25, 0.3) is 0 Å². The van der Waals surface area contributed by atoms with Gasteiger partial charge in [0.15, 0.2) is 0 Å². The minimum Gasteiger partial charge on any atom is -0.326 e. The second kappa shape index (κ2) is 6.99. The minimum atomic E-state index is -3.56. The lowest BCUT2D eigenvalue weighted by molar-refractivity contribution is -0.115. The third-order valence-corrected chi connectivity index (χ3v) is 7.34. The average molecular weight is 418 g/mol. The molecule has 6 nitrogen and oxygen atoms in total. The molecule has 4 rings (SSSR count). The van der Waals surface area contributed by atoms with Gasteiger partial charge in [0.2, 0.25) is 10.0 Å². The van der Waals surface area contributed by atoms with Gasteiger partial charge in [-0.2, -0.15) is 4.31 Å². The molecule has 2 aliphatic heterocycles. The van der Waals surface area contributed by atoms with Gasteiger partial charge < -0.3 is 5.32 Å². The van der Waals surface area contributed by atoms with E-state index in [-0.39, 0.29) is 10.8 Å². The van der Waals surface area contributed by atoms with Crippen LogP contribution in [0.4, 0.5) is 0 Å². The summed E-state index contributed by atoms with van der Waals surface area (Å²) in [6.07, 6.45) is 0.849. The lowest BCUT2D eigenvalue weighted by atomic mass is 10.00. The summed E-state index contributed by atoms with van der Waals surface area (Å²) >= 11 is 6.03. The predicted octanol–water partition coefficient (Wildman–Crippen LogP) is 2.75. The molecule has 0 aliphatic carbocycles. The maximum atomic E-state index is 12.9. The third kappa shape index (κ3) is 3.45. The van der Waals surface area contributed by atoms with E-state index in [0.29, 0.717) is 42.2 Å². The molecule has 28 heavy (non-hydrogen) atoms. The Morgan fingerprint density at radius 2 is 1.79 bits per heavy atom. The van der Waals surface area contributed by atoms with E-state index in [2.05, 4.69) is 10.3 Å². The molecule has 2 aromatic rings. The highest BCUT2D eigenvalue weighted by Gasteiger charge is 2.44. The SMILES string of the molecule is Cc1ccc(S(=O)(=O)N2CCC3(CC2)N=C(c2cccc(Cl)c2)C(=O)N3)cc1. The molecule has 0 atom stereocenters. The predicted molar refractivity (Wildman–Crippen MR) is 108 cm³/mol. The van der Waals surface area contributed by atoms with Gasteiger partial charge in [-0.05, 0) is 31.2 Å². The van der Waals surface area contributed by atoms with Gasteiger partial charge in [-0.25, -0.2) is 8.42 Å². The van der Waals surface area contributed by atoms with Gasteiger partial charge >= 0.3 is 0 Å². The summed E-state index contributed by atoms with van der Waals surface area (Å²) in [4.78, 5) is 17.4. The first-order valence-electron chi connectivity index (χ1n) is 9.04. The van der Waals surface area contributed by atoms with Crippen molar-refractivity contribution in [1.29, 1.82) is 0 Å². The molecule has 2 aromatic carbocycles. The molecule has 8 heteroatoms. The fraction of sp³-hybridized carbons (Fsp3) is 0.300. The van der Waals surface area contributed by atoms with E-state index < -0.39 is 15.7 Å². The Labute approximate surface area is 169 Å². The number of halogens is 1. The molecule has 1 saturated heterocycles. The van der Waals surface area contributed by atoms with Crippen LogP contribution in [0, 0.1) is 6.92 Å². The van der Waals surface area contributed by atoms with Crippen molar-refractivity contribution in [3.05, 3.63) is 64.7 Å². The summed E-state index contributed by atoms with van der Waals surface area (Å²) < 4.78 is 27.2. The number of sulfonamides is 1. The summed E-state index contributed by atoms with van der Waals surface area (Å²) in [6.45, 7) is 2.50. The number of amides is 1. The molecule has 0 radical (unpaired) electrons. The van der Waals surface area contributed by atoms with Crippen LogP contribution in [0.5, 0.6) is 0 Å². The maximum Gasteiger partial charge on any atom is 0.272 e. The first-order chi connectivity index (χ1) is 13.3. The number of carbonyl (C=O) groups is 1. The van der Waals surface area contributed by atoms with Crippen molar-refractivity contribution < 1.29 is 13.2 Å². The highest BCUT2D eigenvalue weighted by molar-refractivity contribution is 7.89. The first-order valence-corrected chi connectivity index (χ1v) is 10.9. The van der Waals surface area contributed by atoms with Crippen LogP contribution in [-0.2, 0) is 14.8 Å². The molecule has 0 aromatic heterocycles. The number of piperidine rings is 1. The van der Waals surface area contributed by atoms with Gasteiger partial charge in [-0.3, -0.25) is 9.79 Å². The number of hydrogen-bond donors (Lipinski definition) is 1. The van der Waals surface area contributed by atoms with Crippen LogP contribution in [0.3, 0.4) is 0 Å². The van der Waals surface area contributed by atoms with Crippen molar-refractivity contribution in [3.63, 3.8) is 0 Å². The van der Waals surface area contributed by atoms with Gasteiger partial charge in [0.25, 0.3) is 5.91 Å². The Bertz CT molecular complexity index is 1060. The number of benzene rings is 2. The summed E-state index contributed by atoms with van der Waals surface area (Å²) in [7, 11) is -3.56. The second-order valence-electron chi connectivity index (χ2n) is 7.17. The van der Waals surface area contributed by atoms with E-state index >= 15 is 0 Å². The Morgan fingerprint density at radius 1 is 1.11 bits per heavy atom. The van der Waals surface area contributed by atoms with E-state index in [9.17, 15) is 13.2 Å². The number of nitrogens with zero attached hydrogens (tertiary/aromatic N) is 2. The van der Waals surface area contributed by atoms with Crippen LogP contribution in [0.2, 0.25) is 5.02 Å². The fourth-order valence-corrected chi connectivity index (χ4v) is 5.22. The van der Waals surface area contributed by atoms with Crippen molar-refractivity contribution >= 4 is 33.2 Å². The van der Waals surface area contributed by atoms with Crippen molar-refractivity contribution in [2.45, 2.75) is 30.3 Å². The van der Waals surface area contributed by atoms with Gasteiger partial charge in [0.05, 0.1) is 4.90 Å². The number of aliphatic imine (C=N–C) groups is 1. The number of rotatable bonds is 3. The molecular weight excluding hydrogens is 398 g/mol. The van der Waals surface area contributed by atoms with Gasteiger partial charge in [0.1, 0.15) is 11.4 Å². The van der Waals surface area contributed by atoms with Gasteiger partial charge in [-0.1, -0.05) is 41.4 Å². The minimum absolute atomic E-state index is 0.253. The molecule has 0 saturated carbocycles. The molecule has 0 bridgehead atoms. The zero-order valence-corrected chi connectivity index (χ0v) is 16.9. The Balaban J connectivity index is 1.54. The number of hydrogen-bond acceptors (Lipinski definition) is 4. The molecule has 1 spiro atoms. The summed E-state index contributed by atoms with van der Waals surface area (Å²) in [6, 6.07) is 13.8. The van der Waals surface area contributed by atoms with Crippen molar-refractivity contribution in [2.75, 3.05) is 13.1 Å². The number of aryl methyl sites for hydroxylation is 1. The third-order valence-electron chi connectivity index (χ3n) is 5.19. The lowest BCUT2D eigenvalue weighted by Gasteiger charge is -2.36. The summed E-state index contributed by atoms with van der Waals surface area (Å²) in [5.41, 5.74) is 1.26. The number of nitrogens with one attached hydrogen (secondary N) is 1. The normalized spacial score (nSPS) is 19.5. The zero-order chi connectivity index (χ0) is 19.9. The van der Waals surface area contributed by atoms with Crippen LogP contribution >= 0.6 is 11.6 Å². The summed E-state index contributed by atoms with van der Waals surface area (Å²) in [5.74, 6) is -0.253. The largest absolute Gasteiger partial charge is 0.326 e. The van der Waals surface area contributed by atoms with E-state index in [1.54, 1.807) is 48.5 Å². The maximum absolute atomic E-state index is 12.9. The van der Waals surface area contributed by atoms with Crippen LogP contribution < -0.4 is 5.32 Å². The van der Waals surface area contributed by atoms with Crippen molar-refractivity contribution in [1.82, 2.24) is 9.62 Å². The molecule has 1 N–H and O–H groups in total. The van der Waals surface area contributed by atoms with Crippen LogP contribution in [0.1, 0.15) is 24.0 Å². The fourth-order valence-electron chi connectivity index (χ4n) is 3.59. The lowest BCUT2D eigenvalue weighted by Crippen LogP contribution is -2.52. The van der Waals surface area contributed by atoms with Crippen molar-refractivity contribution in [3.8, 4) is 0 Å². The smallest absolute Gasteiger partial charge is 0.272 e. The Morgan fingerprint density at radius 3 is 2.43 bits per heavy atom. The van der Waals surface area contributed by atoms with Gasteiger partial charge in [-0.15, -0.1) is 0 Å². The monoisotopic (exact) mass is 417 g/mol. The topological polar surface area (TPSA) is 78.8 Å². The molecule has 1 fully saturated rings. The van der Waals surface area contributed by atoms with E-state index in [1.165, 1.54) is 4.31 Å². The Kier molecular flexibility index (Phi) is 4.77. The van der Waals surface area contributed by atoms with E-state index in [0.717, 1.165) is 5.56 Å². The molecule has 1 amide bonds. The first kappa shape index (κ1) is 19.1.